The van der Waals surface area contributed by atoms with Crippen LogP contribution in [-0.2, 0) is 11.2 Å². The van der Waals surface area contributed by atoms with E-state index in [1.165, 1.54) is 37.7 Å². The molecule has 1 heterocycles. The molecule has 2 heteroatoms. The van der Waals surface area contributed by atoms with Gasteiger partial charge in [-0.2, -0.15) is 0 Å². The zero-order chi connectivity index (χ0) is 14.5. The normalized spacial score (nSPS) is 26.6. The van der Waals surface area contributed by atoms with E-state index in [9.17, 15) is 5.11 Å². The quantitative estimate of drug-likeness (QED) is 0.903. The highest BCUT2D eigenvalue weighted by Crippen LogP contribution is 2.42. The zero-order valence-corrected chi connectivity index (χ0v) is 13.0. The van der Waals surface area contributed by atoms with Gasteiger partial charge >= 0.3 is 0 Å². The lowest BCUT2D eigenvalue weighted by Gasteiger charge is -2.44. The van der Waals surface area contributed by atoms with Crippen LogP contribution in [0.1, 0.15) is 56.9 Å². The summed E-state index contributed by atoms with van der Waals surface area (Å²) in [6.07, 6.45) is 10.1. The minimum absolute atomic E-state index is 0.106. The molecular formula is C19H28O2. The fourth-order valence-electron chi connectivity index (χ4n) is 4.13. The molecule has 1 saturated heterocycles. The topological polar surface area (TPSA) is 29.5 Å². The first kappa shape index (κ1) is 15.1. The minimum Gasteiger partial charge on any atom is -0.393 e. The van der Waals surface area contributed by atoms with Crippen LogP contribution < -0.4 is 0 Å². The van der Waals surface area contributed by atoms with Crippen molar-refractivity contribution < 1.29 is 9.84 Å². The van der Waals surface area contributed by atoms with Crippen molar-refractivity contribution in [1.29, 1.82) is 0 Å². The van der Waals surface area contributed by atoms with Crippen LogP contribution in [0.4, 0.5) is 0 Å². The van der Waals surface area contributed by atoms with Crippen LogP contribution in [0.25, 0.3) is 0 Å². The Bertz CT molecular complexity index is 417. The van der Waals surface area contributed by atoms with E-state index in [1.807, 2.05) is 6.07 Å². The molecule has 116 valence electrons. The lowest BCUT2D eigenvalue weighted by molar-refractivity contribution is -0.134. The summed E-state index contributed by atoms with van der Waals surface area (Å²) < 4.78 is 6.14. The Morgan fingerprint density at radius 3 is 2.67 bits per heavy atom. The van der Waals surface area contributed by atoms with Gasteiger partial charge in [-0.3, -0.25) is 0 Å². The molecule has 1 spiro atoms. The summed E-state index contributed by atoms with van der Waals surface area (Å²) in [5, 5.41) is 10.6. The van der Waals surface area contributed by atoms with Gasteiger partial charge in [0.1, 0.15) is 0 Å². The van der Waals surface area contributed by atoms with Gasteiger partial charge < -0.3 is 9.84 Å². The highest BCUT2D eigenvalue weighted by Gasteiger charge is 2.40. The second kappa shape index (κ2) is 6.93. The lowest BCUT2D eigenvalue weighted by Crippen LogP contribution is -2.44. The van der Waals surface area contributed by atoms with Crippen LogP contribution in [-0.4, -0.2) is 23.4 Å². The summed E-state index contributed by atoms with van der Waals surface area (Å²) in [7, 11) is 0. The molecule has 2 fully saturated rings. The minimum atomic E-state index is -0.173. The molecule has 1 N–H and O–H groups in total. The predicted octanol–water partition coefficient (Wildman–Crippen LogP) is 4.11. The second-order valence-corrected chi connectivity index (χ2v) is 6.94. The smallest absolute Gasteiger partial charge is 0.0686 e. The van der Waals surface area contributed by atoms with Crippen molar-refractivity contribution in [2.75, 3.05) is 6.61 Å². The van der Waals surface area contributed by atoms with E-state index in [0.717, 1.165) is 32.3 Å². The summed E-state index contributed by atoms with van der Waals surface area (Å²) >= 11 is 0. The Morgan fingerprint density at radius 1 is 1.14 bits per heavy atom. The van der Waals surface area contributed by atoms with Crippen LogP contribution in [0.3, 0.4) is 0 Å². The van der Waals surface area contributed by atoms with Gasteiger partial charge in [0.15, 0.2) is 0 Å². The van der Waals surface area contributed by atoms with E-state index >= 15 is 0 Å². The molecule has 2 unspecified atom stereocenters. The highest BCUT2D eigenvalue weighted by atomic mass is 16.5. The molecule has 2 nitrogen and oxygen atoms in total. The number of hydrogen-bond donors (Lipinski definition) is 1. The molecule has 1 aromatic rings. The average molecular weight is 288 g/mol. The van der Waals surface area contributed by atoms with E-state index in [4.69, 9.17) is 4.74 Å². The van der Waals surface area contributed by atoms with Crippen molar-refractivity contribution in [3.63, 3.8) is 0 Å². The average Bonchev–Trinajstić information content (AvgIpc) is 2.54. The highest BCUT2D eigenvalue weighted by molar-refractivity contribution is 5.14. The summed E-state index contributed by atoms with van der Waals surface area (Å²) in [4.78, 5) is 0. The third kappa shape index (κ3) is 3.87. The van der Waals surface area contributed by atoms with Gasteiger partial charge in [0.05, 0.1) is 11.7 Å². The standard InChI is InChI=1S/C19H28O2/c20-18(10-9-16-7-3-1-4-8-16)17-11-14-21-19(15-17)12-5-2-6-13-19/h1,3-4,7-8,17-18,20H,2,5-6,9-15H2. The molecule has 0 amide bonds. The summed E-state index contributed by atoms with van der Waals surface area (Å²) in [5.74, 6) is 0.431. The van der Waals surface area contributed by atoms with Crippen LogP contribution in [0.2, 0.25) is 0 Å². The molecule has 3 rings (SSSR count). The van der Waals surface area contributed by atoms with Gasteiger partial charge in [-0.05, 0) is 50.0 Å². The van der Waals surface area contributed by atoms with Crippen LogP contribution in [0.5, 0.6) is 0 Å². The maximum atomic E-state index is 10.6. The van der Waals surface area contributed by atoms with Crippen LogP contribution in [0.15, 0.2) is 30.3 Å². The molecule has 0 bridgehead atoms. The van der Waals surface area contributed by atoms with Gasteiger partial charge in [0, 0.05) is 6.61 Å². The molecule has 21 heavy (non-hydrogen) atoms. The SMILES string of the molecule is OC(CCc1ccccc1)C1CCOC2(CCCCC2)C1. The maximum Gasteiger partial charge on any atom is 0.0686 e. The molecule has 1 aliphatic carbocycles. The number of benzene rings is 1. The summed E-state index contributed by atoms with van der Waals surface area (Å²) in [6, 6.07) is 10.5. The van der Waals surface area contributed by atoms with Crippen LogP contribution in [0, 0.1) is 5.92 Å². The van der Waals surface area contributed by atoms with Crippen molar-refractivity contribution >= 4 is 0 Å². The van der Waals surface area contributed by atoms with Crippen molar-refractivity contribution in [2.45, 2.75) is 69.5 Å². The molecule has 2 aliphatic rings. The van der Waals surface area contributed by atoms with E-state index in [1.54, 1.807) is 0 Å². The first-order chi connectivity index (χ1) is 10.3. The lowest BCUT2D eigenvalue weighted by atomic mass is 9.74. The molecule has 1 aromatic carbocycles. The van der Waals surface area contributed by atoms with E-state index < -0.39 is 0 Å². The fourth-order valence-corrected chi connectivity index (χ4v) is 4.13. The number of aryl methyl sites for hydroxylation is 1. The Kier molecular flexibility index (Phi) is 4.97. The van der Waals surface area contributed by atoms with E-state index in [-0.39, 0.29) is 11.7 Å². The van der Waals surface area contributed by atoms with Gasteiger partial charge in [-0.1, -0.05) is 49.6 Å². The van der Waals surface area contributed by atoms with Crippen LogP contribution >= 0.6 is 0 Å². The number of ether oxygens (including phenoxy) is 1. The fraction of sp³-hybridized carbons (Fsp3) is 0.684. The maximum absolute atomic E-state index is 10.6. The predicted molar refractivity (Wildman–Crippen MR) is 85.3 cm³/mol. The zero-order valence-electron chi connectivity index (χ0n) is 13.0. The molecule has 2 atom stereocenters. The van der Waals surface area contributed by atoms with Crippen molar-refractivity contribution in [3.05, 3.63) is 35.9 Å². The molecule has 0 aromatic heterocycles. The molecule has 0 radical (unpaired) electrons. The largest absolute Gasteiger partial charge is 0.393 e. The number of aliphatic hydroxyl groups excluding tert-OH is 1. The number of aliphatic hydroxyl groups is 1. The van der Waals surface area contributed by atoms with Crippen molar-refractivity contribution in [2.24, 2.45) is 5.92 Å². The van der Waals surface area contributed by atoms with Gasteiger partial charge in [0.2, 0.25) is 0 Å². The summed E-state index contributed by atoms with van der Waals surface area (Å²) in [6.45, 7) is 0.840. The Morgan fingerprint density at radius 2 is 1.90 bits per heavy atom. The third-order valence-electron chi connectivity index (χ3n) is 5.41. The van der Waals surface area contributed by atoms with E-state index in [2.05, 4.69) is 24.3 Å². The molecule has 1 aliphatic heterocycles. The first-order valence-electron chi connectivity index (χ1n) is 8.63. The van der Waals surface area contributed by atoms with Gasteiger partial charge in [-0.15, -0.1) is 0 Å². The second-order valence-electron chi connectivity index (χ2n) is 6.94. The first-order valence-corrected chi connectivity index (χ1v) is 8.63. The number of hydrogen-bond acceptors (Lipinski definition) is 2. The Balaban J connectivity index is 1.53. The monoisotopic (exact) mass is 288 g/mol. The summed E-state index contributed by atoms with van der Waals surface area (Å²) in [5.41, 5.74) is 1.44. The Hall–Kier alpha value is -0.860. The molecular weight excluding hydrogens is 260 g/mol. The Labute approximate surface area is 128 Å². The van der Waals surface area contributed by atoms with Crippen molar-refractivity contribution in [1.82, 2.24) is 0 Å². The number of rotatable bonds is 4. The van der Waals surface area contributed by atoms with Gasteiger partial charge in [-0.25, -0.2) is 0 Å². The van der Waals surface area contributed by atoms with Crippen molar-refractivity contribution in [3.8, 4) is 0 Å². The van der Waals surface area contributed by atoms with Gasteiger partial charge in [0.25, 0.3) is 0 Å². The molecule has 1 saturated carbocycles. The van der Waals surface area contributed by atoms with E-state index in [0.29, 0.717) is 5.92 Å². The third-order valence-corrected chi connectivity index (χ3v) is 5.41.